The molecule has 1 N–H and O–H groups in total. The molecule has 2 aromatic rings. The topological polar surface area (TPSA) is 42.0 Å². The summed E-state index contributed by atoms with van der Waals surface area (Å²) in [6, 6.07) is 7.02. The average Bonchev–Trinajstić information content (AvgIpc) is 3.16. The van der Waals surface area contributed by atoms with Crippen molar-refractivity contribution in [2.24, 2.45) is 23.7 Å². The zero-order valence-corrected chi connectivity index (χ0v) is 16.7. The first-order chi connectivity index (χ1) is 13.4. The molecule has 4 heteroatoms. The van der Waals surface area contributed by atoms with Crippen LogP contribution in [0.1, 0.15) is 63.9 Å². The number of pyridine rings is 1. The largest absolute Gasteiger partial charge is 0.350 e. The van der Waals surface area contributed by atoms with Crippen LogP contribution in [0.4, 0.5) is 4.39 Å². The molecule has 3 nitrogen and oxygen atoms in total. The molecule has 1 heterocycles. The maximum atomic E-state index is 13.8. The first-order valence-electron chi connectivity index (χ1n) is 10.8. The fraction of sp³-hybridized carbons (Fsp3) is 0.583. The quantitative estimate of drug-likeness (QED) is 0.792. The number of carbonyl (C=O) groups excluding carboxylic acids is 1. The molecule has 1 aromatic heterocycles. The molecular weight excluding hydrogens is 351 g/mol. The van der Waals surface area contributed by atoms with E-state index in [0.717, 1.165) is 35.6 Å². The Balaban J connectivity index is 1.31. The van der Waals surface area contributed by atoms with E-state index in [4.69, 9.17) is 0 Å². The van der Waals surface area contributed by atoms with Crippen LogP contribution >= 0.6 is 0 Å². The van der Waals surface area contributed by atoms with Gasteiger partial charge in [-0.3, -0.25) is 9.78 Å². The van der Waals surface area contributed by atoms with Crippen molar-refractivity contribution in [3.05, 3.63) is 41.8 Å². The third kappa shape index (κ3) is 3.01. The third-order valence-corrected chi connectivity index (χ3v) is 7.66. The monoisotopic (exact) mass is 380 g/mol. The van der Waals surface area contributed by atoms with Crippen LogP contribution in [0.15, 0.2) is 30.5 Å². The highest BCUT2D eigenvalue weighted by Crippen LogP contribution is 2.59. The zero-order valence-electron chi connectivity index (χ0n) is 16.7. The summed E-state index contributed by atoms with van der Waals surface area (Å²) >= 11 is 0. The summed E-state index contributed by atoms with van der Waals surface area (Å²) in [6.07, 6.45) is 9.00. The van der Waals surface area contributed by atoms with Crippen molar-refractivity contribution in [3.8, 4) is 0 Å². The number of benzene rings is 1. The van der Waals surface area contributed by atoms with Crippen LogP contribution < -0.4 is 5.32 Å². The fourth-order valence-corrected chi connectivity index (χ4v) is 5.98. The highest BCUT2D eigenvalue weighted by Gasteiger charge is 2.56. The Hall–Kier alpha value is -1.97. The average molecular weight is 381 g/mol. The zero-order chi connectivity index (χ0) is 19.5. The normalized spacial score (nSPS) is 30.6. The number of halogens is 1. The standard InChI is InChI=1S/C24H29FN2O/c1-14(2)23(28)27-24(6-7-24)18-11-15-9-17(10-16(15)12-18)20-5-8-26-22-4-3-19(25)13-21(20)22/h3-5,8,13-18H,6-7,9-12H2,1-2H3,(H,27,28)/t15-,16+,17?,18?. The Morgan fingerprint density at radius 2 is 1.86 bits per heavy atom. The number of nitrogens with one attached hydrogen (secondary N) is 1. The van der Waals surface area contributed by atoms with E-state index in [0.29, 0.717) is 11.8 Å². The number of hydrogen-bond donors (Lipinski definition) is 1. The second-order valence-electron chi connectivity index (χ2n) is 9.72. The molecule has 3 aliphatic rings. The minimum atomic E-state index is -0.184. The molecule has 0 saturated heterocycles. The van der Waals surface area contributed by atoms with Crippen LogP contribution in [-0.2, 0) is 4.79 Å². The molecule has 1 amide bonds. The number of nitrogens with zero attached hydrogens (tertiary/aromatic N) is 1. The Bertz CT molecular complexity index is 906. The van der Waals surface area contributed by atoms with Gasteiger partial charge >= 0.3 is 0 Å². The van der Waals surface area contributed by atoms with E-state index in [2.05, 4.69) is 16.4 Å². The van der Waals surface area contributed by atoms with E-state index in [-0.39, 0.29) is 23.2 Å². The second kappa shape index (κ2) is 6.53. The van der Waals surface area contributed by atoms with Gasteiger partial charge < -0.3 is 5.32 Å². The van der Waals surface area contributed by atoms with E-state index in [1.165, 1.54) is 37.3 Å². The first kappa shape index (κ1) is 18.1. The molecule has 3 aliphatic carbocycles. The van der Waals surface area contributed by atoms with Crippen molar-refractivity contribution >= 4 is 16.8 Å². The Kier molecular flexibility index (Phi) is 4.22. The lowest BCUT2D eigenvalue weighted by molar-refractivity contribution is -0.125. The van der Waals surface area contributed by atoms with E-state index in [1.807, 2.05) is 20.0 Å². The molecule has 3 fully saturated rings. The SMILES string of the molecule is CC(C)C(=O)NC1(C2C[C@H]3CC(c4ccnc5ccc(F)cc45)C[C@H]3C2)CC1. The first-order valence-corrected chi connectivity index (χ1v) is 10.8. The molecule has 0 radical (unpaired) electrons. The lowest BCUT2D eigenvalue weighted by Crippen LogP contribution is -2.43. The molecular formula is C24H29FN2O. The van der Waals surface area contributed by atoms with E-state index >= 15 is 0 Å². The summed E-state index contributed by atoms with van der Waals surface area (Å²) in [7, 11) is 0. The maximum Gasteiger partial charge on any atom is 0.222 e. The number of hydrogen-bond acceptors (Lipinski definition) is 2. The van der Waals surface area contributed by atoms with Crippen LogP contribution in [0, 0.1) is 29.5 Å². The third-order valence-electron chi connectivity index (χ3n) is 7.66. The van der Waals surface area contributed by atoms with Gasteiger partial charge in [0.2, 0.25) is 5.91 Å². The van der Waals surface area contributed by atoms with E-state index < -0.39 is 0 Å². The number of rotatable bonds is 4. The minimum Gasteiger partial charge on any atom is -0.350 e. The summed E-state index contributed by atoms with van der Waals surface area (Å²) in [6.45, 7) is 3.95. The Morgan fingerprint density at radius 3 is 2.50 bits per heavy atom. The Morgan fingerprint density at radius 1 is 1.14 bits per heavy atom. The van der Waals surface area contributed by atoms with Gasteiger partial charge in [0.05, 0.1) is 5.52 Å². The maximum absolute atomic E-state index is 13.8. The van der Waals surface area contributed by atoms with Gasteiger partial charge in [-0.25, -0.2) is 4.39 Å². The van der Waals surface area contributed by atoms with Crippen molar-refractivity contribution in [2.45, 2.75) is 63.8 Å². The van der Waals surface area contributed by atoms with Crippen LogP contribution in [0.2, 0.25) is 0 Å². The lowest BCUT2D eigenvalue weighted by atomic mass is 9.87. The molecule has 1 aromatic carbocycles. The van der Waals surface area contributed by atoms with Crippen molar-refractivity contribution in [1.29, 1.82) is 0 Å². The highest BCUT2D eigenvalue weighted by atomic mass is 19.1. The van der Waals surface area contributed by atoms with Gasteiger partial charge in [0, 0.05) is 23.0 Å². The molecule has 2 unspecified atom stereocenters. The highest BCUT2D eigenvalue weighted by molar-refractivity contribution is 5.82. The van der Waals surface area contributed by atoms with Gasteiger partial charge in [0.25, 0.3) is 0 Å². The molecule has 28 heavy (non-hydrogen) atoms. The van der Waals surface area contributed by atoms with Crippen molar-refractivity contribution in [3.63, 3.8) is 0 Å². The summed E-state index contributed by atoms with van der Waals surface area (Å²) in [5.74, 6) is 2.69. The van der Waals surface area contributed by atoms with Gasteiger partial charge in [0.15, 0.2) is 0 Å². The predicted octanol–water partition coefficient (Wildman–Crippen LogP) is 5.20. The van der Waals surface area contributed by atoms with E-state index in [9.17, 15) is 9.18 Å². The van der Waals surface area contributed by atoms with Gasteiger partial charge in [-0.2, -0.15) is 0 Å². The minimum absolute atomic E-state index is 0.0584. The van der Waals surface area contributed by atoms with Gasteiger partial charge in [-0.15, -0.1) is 0 Å². The Labute approximate surface area is 166 Å². The van der Waals surface area contributed by atoms with Crippen LogP contribution in [0.25, 0.3) is 10.9 Å². The van der Waals surface area contributed by atoms with Crippen LogP contribution in [0.3, 0.4) is 0 Å². The van der Waals surface area contributed by atoms with Crippen molar-refractivity contribution in [2.75, 3.05) is 0 Å². The molecule has 0 aliphatic heterocycles. The fourth-order valence-electron chi connectivity index (χ4n) is 5.98. The van der Waals surface area contributed by atoms with Gasteiger partial charge in [-0.1, -0.05) is 13.8 Å². The van der Waals surface area contributed by atoms with Crippen LogP contribution in [0.5, 0.6) is 0 Å². The van der Waals surface area contributed by atoms with Crippen LogP contribution in [-0.4, -0.2) is 16.4 Å². The molecule has 3 saturated carbocycles. The predicted molar refractivity (Wildman–Crippen MR) is 108 cm³/mol. The van der Waals surface area contributed by atoms with Crippen molar-refractivity contribution < 1.29 is 9.18 Å². The number of fused-ring (bicyclic) bond motifs is 2. The molecule has 0 bridgehead atoms. The number of amides is 1. The summed E-state index contributed by atoms with van der Waals surface area (Å²) in [4.78, 5) is 16.7. The van der Waals surface area contributed by atoms with Gasteiger partial charge in [0.1, 0.15) is 5.82 Å². The smallest absolute Gasteiger partial charge is 0.222 e. The van der Waals surface area contributed by atoms with Crippen molar-refractivity contribution in [1.82, 2.24) is 10.3 Å². The molecule has 148 valence electrons. The van der Waals surface area contributed by atoms with E-state index in [1.54, 1.807) is 12.1 Å². The molecule has 5 rings (SSSR count). The lowest BCUT2D eigenvalue weighted by Gasteiger charge is -2.27. The number of carbonyl (C=O) groups is 1. The molecule has 0 spiro atoms. The summed E-state index contributed by atoms with van der Waals surface area (Å²) in [5.41, 5.74) is 2.25. The van der Waals surface area contributed by atoms with Gasteiger partial charge in [-0.05, 0) is 92.0 Å². The molecule has 4 atom stereocenters. The number of aromatic nitrogens is 1. The summed E-state index contributed by atoms with van der Waals surface area (Å²) in [5, 5.41) is 4.36. The summed E-state index contributed by atoms with van der Waals surface area (Å²) < 4.78 is 13.8. The second-order valence-corrected chi connectivity index (χ2v) is 9.72.